The molecule has 0 atom stereocenters. The monoisotopic (exact) mass is 428 g/mol. The first-order valence-electron chi connectivity index (χ1n) is 9.39. The second kappa shape index (κ2) is 6.84. The van der Waals surface area contributed by atoms with Crippen molar-refractivity contribution >= 4 is 22.8 Å². The number of nitrogens with one attached hydrogen (secondary N) is 1. The summed E-state index contributed by atoms with van der Waals surface area (Å²) >= 11 is 5.93. The van der Waals surface area contributed by atoms with E-state index in [0.29, 0.717) is 10.9 Å². The van der Waals surface area contributed by atoms with Crippen molar-refractivity contribution in [1.82, 2.24) is 28.9 Å². The van der Waals surface area contributed by atoms with E-state index >= 15 is 0 Å². The van der Waals surface area contributed by atoms with Crippen molar-refractivity contribution in [2.45, 2.75) is 31.3 Å². The number of halogens is 1. The summed E-state index contributed by atoms with van der Waals surface area (Å²) in [6.07, 6.45) is 2.83. The highest BCUT2D eigenvalue weighted by molar-refractivity contribution is 6.30. The fourth-order valence-corrected chi connectivity index (χ4v) is 3.96. The molecule has 1 N–H and O–H groups in total. The maximum atomic E-state index is 12.7. The Morgan fingerprint density at radius 1 is 1.20 bits per heavy atom. The Kier molecular flexibility index (Phi) is 4.24. The number of imidazole rings is 1. The van der Waals surface area contributed by atoms with Crippen LogP contribution in [0.25, 0.3) is 11.2 Å². The van der Waals surface area contributed by atoms with Crippen LogP contribution in [0.4, 0.5) is 0 Å². The van der Waals surface area contributed by atoms with Gasteiger partial charge in [-0.1, -0.05) is 23.7 Å². The smallest absolute Gasteiger partial charge is 0.390 e. The third-order valence-electron chi connectivity index (χ3n) is 5.60. The van der Waals surface area contributed by atoms with E-state index in [1.54, 1.807) is 0 Å². The van der Waals surface area contributed by atoms with Gasteiger partial charge in [0.1, 0.15) is 12.9 Å². The van der Waals surface area contributed by atoms with E-state index in [1.165, 1.54) is 32.8 Å². The van der Waals surface area contributed by atoms with E-state index in [4.69, 9.17) is 16.0 Å². The molecule has 5 rings (SSSR count). The van der Waals surface area contributed by atoms with Crippen molar-refractivity contribution in [2.75, 3.05) is 0 Å². The van der Waals surface area contributed by atoms with E-state index in [0.717, 1.165) is 12.8 Å². The predicted molar refractivity (Wildman–Crippen MR) is 108 cm³/mol. The van der Waals surface area contributed by atoms with Crippen LogP contribution >= 0.6 is 11.6 Å². The molecule has 3 aromatic heterocycles. The molecule has 0 bridgehead atoms. The molecule has 1 saturated carbocycles. The van der Waals surface area contributed by atoms with Gasteiger partial charge in [0.15, 0.2) is 11.2 Å². The van der Waals surface area contributed by atoms with E-state index in [9.17, 15) is 14.4 Å². The maximum Gasteiger partial charge on any atom is 0.437 e. The number of rotatable bonds is 4. The number of aryl methyl sites for hydroxylation is 1. The molecule has 1 aliphatic carbocycles. The molecular formula is C19H17ClN6O4. The fraction of sp³-hybridized carbons (Fsp3) is 0.316. The second-order valence-electron chi connectivity index (χ2n) is 7.44. The lowest BCUT2D eigenvalue weighted by atomic mass is 9.76. The molecule has 3 heterocycles. The van der Waals surface area contributed by atoms with Gasteiger partial charge in [0.25, 0.3) is 5.56 Å². The number of nitrogens with zero attached hydrogens (tertiary/aromatic N) is 5. The first kappa shape index (κ1) is 18.6. The van der Waals surface area contributed by atoms with Crippen molar-refractivity contribution in [3.8, 4) is 0 Å². The summed E-state index contributed by atoms with van der Waals surface area (Å²) in [6.45, 7) is -0.0588. The second-order valence-corrected chi connectivity index (χ2v) is 7.88. The SMILES string of the molecule is Cn1c(=O)[nH]c2ncn(Cc3nn(C4CC(c5ccc(Cl)cc5)C4)c(=O)o3)c(=O)c21. The summed E-state index contributed by atoms with van der Waals surface area (Å²) < 4.78 is 9.04. The summed E-state index contributed by atoms with van der Waals surface area (Å²) in [7, 11) is 1.48. The molecule has 0 unspecified atom stereocenters. The van der Waals surface area contributed by atoms with Crippen molar-refractivity contribution in [2.24, 2.45) is 7.05 Å². The molecule has 4 aromatic rings. The zero-order valence-electron chi connectivity index (χ0n) is 15.9. The number of aromatic nitrogens is 6. The van der Waals surface area contributed by atoms with Crippen molar-refractivity contribution in [3.63, 3.8) is 0 Å². The van der Waals surface area contributed by atoms with Crippen molar-refractivity contribution < 1.29 is 4.42 Å². The molecule has 0 radical (unpaired) electrons. The number of aromatic amines is 1. The zero-order chi connectivity index (χ0) is 21.0. The number of benzene rings is 1. The molecule has 0 amide bonds. The highest BCUT2D eigenvalue weighted by Gasteiger charge is 2.34. The molecule has 11 heteroatoms. The quantitative estimate of drug-likeness (QED) is 0.524. The molecule has 10 nitrogen and oxygen atoms in total. The van der Waals surface area contributed by atoms with Gasteiger partial charge in [-0.2, -0.15) is 4.68 Å². The lowest BCUT2D eigenvalue weighted by Gasteiger charge is -2.34. The van der Waals surface area contributed by atoms with Gasteiger partial charge in [0.05, 0.1) is 6.04 Å². The van der Waals surface area contributed by atoms with Gasteiger partial charge in [0.2, 0.25) is 5.89 Å². The Morgan fingerprint density at radius 2 is 1.93 bits per heavy atom. The largest absolute Gasteiger partial charge is 0.437 e. The Balaban J connectivity index is 1.36. The lowest BCUT2D eigenvalue weighted by molar-refractivity contribution is 0.233. The van der Waals surface area contributed by atoms with Crippen LogP contribution in [0.5, 0.6) is 0 Å². The van der Waals surface area contributed by atoms with Gasteiger partial charge in [-0.05, 0) is 36.5 Å². The predicted octanol–water partition coefficient (Wildman–Crippen LogP) is 1.39. The van der Waals surface area contributed by atoms with Gasteiger partial charge in [-0.3, -0.25) is 18.9 Å². The number of fused-ring (bicyclic) bond motifs is 1. The van der Waals surface area contributed by atoms with E-state index < -0.39 is 17.0 Å². The summed E-state index contributed by atoms with van der Waals surface area (Å²) in [5, 5.41) is 4.96. The molecule has 154 valence electrons. The Bertz CT molecular complexity index is 1420. The minimum Gasteiger partial charge on any atom is -0.390 e. The molecule has 1 fully saturated rings. The molecule has 30 heavy (non-hydrogen) atoms. The van der Waals surface area contributed by atoms with E-state index in [2.05, 4.69) is 15.1 Å². The third-order valence-corrected chi connectivity index (χ3v) is 5.85. The standard InChI is InChI=1S/C19H17ClN6O4/c1-24-15-16(22-18(24)28)21-9-25(17(15)27)8-14-23-26(19(29)30-14)13-6-11(7-13)10-2-4-12(20)5-3-10/h2-5,9,11,13H,6-8H2,1H3,(H,22,28). The Labute approximate surface area is 173 Å². The van der Waals surface area contributed by atoms with Crippen LogP contribution in [0.1, 0.15) is 36.3 Å². The molecular weight excluding hydrogens is 412 g/mol. The van der Waals surface area contributed by atoms with Crippen LogP contribution in [0.2, 0.25) is 5.02 Å². The van der Waals surface area contributed by atoms with Gasteiger partial charge in [0, 0.05) is 12.1 Å². The number of hydrogen-bond acceptors (Lipinski definition) is 6. The first-order chi connectivity index (χ1) is 14.4. The highest BCUT2D eigenvalue weighted by Crippen LogP contribution is 2.43. The minimum absolute atomic E-state index is 0.0569. The van der Waals surface area contributed by atoms with Crippen LogP contribution in [0, 0.1) is 0 Å². The fourth-order valence-electron chi connectivity index (χ4n) is 3.84. The molecule has 1 aliphatic rings. The topological polar surface area (TPSA) is 121 Å². The molecule has 0 saturated heterocycles. The van der Waals surface area contributed by atoms with E-state index in [1.807, 2.05) is 24.3 Å². The van der Waals surface area contributed by atoms with Crippen LogP contribution in [-0.2, 0) is 13.6 Å². The Hall–Kier alpha value is -3.40. The average Bonchev–Trinajstić information content (AvgIpc) is 3.18. The Morgan fingerprint density at radius 3 is 2.67 bits per heavy atom. The van der Waals surface area contributed by atoms with Crippen LogP contribution in [-0.4, -0.2) is 28.9 Å². The first-order valence-corrected chi connectivity index (χ1v) is 9.76. The van der Waals surface area contributed by atoms with Gasteiger partial charge in [-0.25, -0.2) is 14.6 Å². The molecule has 0 spiro atoms. The summed E-state index contributed by atoms with van der Waals surface area (Å²) in [5.74, 6) is -0.108. The number of hydrogen-bond donors (Lipinski definition) is 1. The van der Waals surface area contributed by atoms with E-state index in [-0.39, 0.29) is 29.6 Å². The summed E-state index contributed by atoms with van der Waals surface area (Å²) in [5.41, 5.74) is 0.677. The van der Waals surface area contributed by atoms with Crippen LogP contribution < -0.4 is 17.0 Å². The lowest BCUT2D eigenvalue weighted by Crippen LogP contribution is -2.31. The normalized spacial score (nSPS) is 18.6. The molecule has 1 aromatic carbocycles. The van der Waals surface area contributed by atoms with Gasteiger partial charge >= 0.3 is 11.4 Å². The summed E-state index contributed by atoms with van der Waals surface area (Å²) in [4.78, 5) is 43.2. The number of H-pyrrole nitrogens is 1. The maximum absolute atomic E-state index is 12.7. The van der Waals surface area contributed by atoms with Gasteiger partial charge < -0.3 is 4.42 Å². The minimum atomic E-state index is -0.555. The average molecular weight is 429 g/mol. The van der Waals surface area contributed by atoms with Crippen LogP contribution in [0.15, 0.2) is 49.4 Å². The van der Waals surface area contributed by atoms with Crippen LogP contribution in [0.3, 0.4) is 0 Å². The third kappa shape index (κ3) is 3.00. The summed E-state index contributed by atoms with van der Waals surface area (Å²) in [6, 6.07) is 7.63. The zero-order valence-corrected chi connectivity index (χ0v) is 16.7. The van der Waals surface area contributed by atoms with Gasteiger partial charge in [-0.15, -0.1) is 5.10 Å². The van der Waals surface area contributed by atoms with Crippen molar-refractivity contribution in [1.29, 1.82) is 0 Å². The van der Waals surface area contributed by atoms with Crippen molar-refractivity contribution in [3.05, 3.63) is 78.5 Å². The highest BCUT2D eigenvalue weighted by atomic mass is 35.5. The molecule has 0 aliphatic heterocycles.